The molecule has 0 unspecified atom stereocenters. The molecule has 2 heterocycles. The zero-order valence-corrected chi connectivity index (χ0v) is 22.9. The number of esters is 3. The number of hydrogen-bond donors (Lipinski definition) is 2. The van der Waals surface area contributed by atoms with E-state index in [1.807, 2.05) is 26.0 Å². The molecule has 0 spiro atoms. The number of hydrogen-bond acceptors (Lipinski definition) is 6. The SMILES string of the molecule is CCOC(=O)c1[nH]c(C(c2ccc(C(=O)OC)cc2)c2[nH]c(C(=O)OCC)c3c2CCCC3)c2c1CCCC2. The van der Waals surface area contributed by atoms with Gasteiger partial charge in [-0.05, 0) is 105 Å². The second-order valence-corrected chi connectivity index (χ2v) is 10.1. The summed E-state index contributed by atoms with van der Waals surface area (Å²) < 4.78 is 15.7. The molecule has 5 rings (SSSR count). The molecule has 2 aromatic heterocycles. The highest BCUT2D eigenvalue weighted by molar-refractivity contribution is 5.91. The number of carbonyl (C=O) groups excluding carboxylic acids is 3. The van der Waals surface area contributed by atoms with Gasteiger partial charge < -0.3 is 24.2 Å². The van der Waals surface area contributed by atoms with Gasteiger partial charge in [-0.1, -0.05) is 12.1 Å². The lowest BCUT2D eigenvalue weighted by Gasteiger charge is -2.23. The van der Waals surface area contributed by atoms with E-state index in [4.69, 9.17) is 14.2 Å². The van der Waals surface area contributed by atoms with Crippen LogP contribution in [0.4, 0.5) is 0 Å². The number of rotatable bonds is 8. The van der Waals surface area contributed by atoms with Gasteiger partial charge in [0.25, 0.3) is 0 Å². The first-order valence-electron chi connectivity index (χ1n) is 14.0. The lowest BCUT2D eigenvalue weighted by molar-refractivity contribution is 0.0509. The van der Waals surface area contributed by atoms with Gasteiger partial charge in [-0.2, -0.15) is 0 Å². The maximum absolute atomic E-state index is 13.0. The molecular weight excluding hydrogens is 496 g/mol. The van der Waals surface area contributed by atoms with Crippen LogP contribution in [-0.2, 0) is 39.9 Å². The van der Waals surface area contributed by atoms with Gasteiger partial charge in [-0.25, -0.2) is 14.4 Å². The summed E-state index contributed by atoms with van der Waals surface area (Å²) in [4.78, 5) is 45.1. The molecule has 39 heavy (non-hydrogen) atoms. The highest BCUT2D eigenvalue weighted by Crippen LogP contribution is 2.42. The second-order valence-electron chi connectivity index (χ2n) is 10.1. The molecule has 0 radical (unpaired) electrons. The van der Waals surface area contributed by atoms with Crippen molar-refractivity contribution in [3.63, 3.8) is 0 Å². The summed E-state index contributed by atoms with van der Waals surface area (Å²) in [6.45, 7) is 4.21. The van der Waals surface area contributed by atoms with E-state index in [1.54, 1.807) is 12.1 Å². The van der Waals surface area contributed by atoms with Crippen molar-refractivity contribution in [3.05, 3.63) is 80.4 Å². The fraction of sp³-hybridized carbons (Fsp3) is 0.452. The van der Waals surface area contributed by atoms with E-state index in [0.29, 0.717) is 30.2 Å². The normalized spacial score (nSPS) is 14.5. The van der Waals surface area contributed by atoms with Crippen LogP contribution < -0.4 is 0 Å². The molecule has 0 saturated heterocycles. The Morgan fingerprint density at radius 3 is 1.54 bits per heavy atom. The largest absolute Gasteiger partial charge is 0.465 e. The quantitative estimate of drug-likeness (QED) is 0.296. The number of aromatic nitrogens is 2. The molecule has 0 amide bonds. The molecule has 2 N–H and O–H groups in total. The zero-order valence-electron chi connectivity index (χ0n) is 22.9. The summed E-state index contributed by atoms with van der Waals surface area (Å²) in [5.41, 5.74) is 8.64. The third kappa shape index (κ3) is 5.00. The zero-order chi connectivity index (χ0) is 27.5. The minimum atomic E-state index is -0.401. The molecule has 0 atom stereocenters. The topological polar surface area (TPSA) is 110 Å². The van der Waals surface area contributed by atoms with Crippen LogP contribution >= 0.6 is 0 Å². The van der Waals surface area contributed by atoms with Crippen LogP contribution in [0.5, 0.6) is 0 Å². The molecule has 0 bridgehead atoms. The summed E-state index contributed by atoms with van der Waals surface area (Å²) in [6, 6.07) is 7.38. The van der Waals surface area contributed by atoms with Gasteiger partial charge in [0, 0.05) is 11.4 Å². The molecule has 8 nitrogen and oxygen atoms in total. The van der Waals surface area contributed by atoms with E-state index in [1.165, 1.54) is 7.11 Å². The summed E-state index contributed by atoms with van der Waals surface area (Å²) in [5, 5.41) is 0. The van der Waals surface area contributed by atoms with Crippen LogP contribution in [0.15, 0.2) is 24.3 Å². The van der Waals surface area contributed by atoms with Crippen molar-refractivity contribution in [1.29, 1.82) is 0 Å². The van der Waals surface area contributed by atoms with Crippen molar-refractivity contribution in [2.75, 3.05) is 20.3 Å². The number of nitrogens with one attached hydrogen (secondary N) is 2. The number of aromatic amines is 2. The number of H-pyrrole nitrogens is 2. The van der Waals surface area contributed by atoms with E-state index in [-0.39, 0.29) is 17.9 Å². The molecule has 0 fully saturated rings. The average Bonchev–Trinajstić information content (AvgIpc) is 3.53. The Bertz CT molecular complexity index is 1300. The van der Waals surface area contributed by atoms with E-state index in [9.17, 15) is 14.4 Å². The highest BCUT2D eigenvalue weighted by atomic mass is 16.5. The monoisotopic (exact) mass is 532 g/mol. The van der Waals surface area contributed by atoms with Gasteiger partial charge >= 0.3 is 17.9 Å². The first-order valence-corrected chi connectivity index (χ1v) is 14.0. The first-order chi connectivity index (χ1) is 19.0. The Morgan fingerprint density at radius 1 is 0.692 bits per heavy atom. The third-order valence-corrected chi connectivity index (χ3v) is 7.91. The Balaban J connectivity index is 1.73. The van der Waals surface area contributed by atoms with Crippen LogP contribution in [0.2, 0.25) is 0 Å². The standard InChI is InChI=1S/C31H36N2O6/c1-4-38-30(35)27-22-12-8-6-10-20(22)25(32-27)24(18-14-16-19(17-15-18)29(34)37-3)26-21-11-7-9-13-23(21)28(33-26)31(36)39-5-2/h14-17,24,32-33H,4-13H2,1-3H3. The number of ether oxygens (including phenoxy) is 3. The van der Waals surface area contributed by atoms with Crippen LogP contribution in [0.1, 0.15) is 116 Å². The Labute approximate surface area is 228 Å². The number of benzene rings is 1. The molecule has 206 valence electrons. The van der Waals surface area contributed by atoms with E-state index >= 15 is 0 Å². The Hall–Kier alpha value is -3.81. The molecule has 0 aliphatic heterocycles. The lowest BCUT2D eigenvalue weighted by Crippen LogP contribution is -2.13. The maximum Gasteiger partial charge on any atom is 0.355 e. The van der Waals surface area contributed by atoms with Gasteiger partial charge in [0.1, 0.15) is 11.4 Å². The molecule has 2 aliphatic rings. The lowest BCUT2D eigenvalue weighted by atomic mass is 9.81. The number of fused-ring (bicyclic) bond motifs is 2. The van der Waals surface area contributed by atoms with Crippen LogP contribution in [0.25, 0.3) is 0 Å². The van der Waals surface area contributed by atoms with E-state index in [2.05, 4.69) is 9.97 Å². The first kappa shape index (κ1) is 26.8. The van der Waals surface area contributed by atoms with Crippen molar-refractivity contribution in [2.45, 2.75) is 71.1 Å². The smallest absolute Gasteiger partial charge is 0.355 e. The fourth-order valence-corrected chi connectivity index (χ4v) is 6.18. The van der Waals surface area contributed by atoms with Gasteiger partial charge in [0.15, 0.2) is 0 Å². The fourth-order valence-electron chi connectivity index (χ4n) is 6.18. The number of methoxy groups -OCH3 is 1. The molecule has 1 aromatic carbocycles. The van der Waals surface area contributed by atoms with Crippen LogP contribution in [-0.4, -0.2) is 48.2 Å². The van der Waals surface area contributed by atoms with Crippen molar-refractivity contribution in [3.8, 4) is 0 Å². The van der Waals surface area contributed by atoms with Crippen LogP contribution in [0, 0.1) is 0 Å². The Morgan fingerprint density at radius 2 is 1.13 bits per heavy atom. The predicted molar refractivity (Wildman–Crippen MR) is 146 cm³/mol. The van der Waals surface area contributed by atoms with Crippen LogP contribution in [0.3, 0.4) is 0 Å². The van der Waals surface area contributed by atoms with Gasteiger partial charge in [0.2, 0.25) is 0 Å². The average molecular weight is 533 g/mol. The minimum absolute atomic E-state index is 0.299. The molecule has 3 aromatic rings. The Kier molecular flexibility index (Phi) is 7.91. The van der Waals surface area contributed by atoms with Crippen molar-refractivity contribution >= 4 is 17.9 Å². The van der Waals surface area contributed by atoms with Crippen molar-refractivity contribution in [1.82, 2.24) is 9.97 Å². The summed E-state index contributed by atoms with van der Waals surface area (Å²) >= 11 is 0. The third-order valence-electron chi connectivity index (χ3n) is 7.91. The summed E-state index contributed by atoms with van der Waals surface area (Å²) in [6.07, 6.45) is 7.42. The van der Waals surface area contributed by atoms with Gasteiger partial charge in [0.05, 0.1) is 31.8 Å². The second kappa shape index (κ2) is 11.5. The highest BCUT2D eigenvalue weighted by Gasteiger charge is 2.35. The molecular formula is C31H36N2O6. The molecule has 0 saturated carbocycles. The van der Waals surface area contributed by atoms with Gasteiger partial charge in [-0.3, -0.25) is 0 Å². The minimum Gasteiger partial charge on any atom is -0.465 e. The number of carbonyl (C=O) groups is 3. The predicted octanol–water partition coefficient (Wildman–Crippen LogP) is 5.42. The molecule has 2 aliphatic carbocycles. The van der Waals surface area contributed by atoms with E-state index < -0.39 is 5.97 Å². The summed E-state index contributed by atoms with van der Waals surface area (Å²) in [7, 11) is 1.36. The van der Waals surface area contributed by atoms with Gasteiger partial charge in [-0.15, -0.1) is 0 Å². The molecule has 8 heteroatoms. The summed E-state index contributed by atoms with van der Waals surface area (Å²) in [5.74, 6) is -1.40. The van der Waals surface area contributed by atoms with E-state index in [0.717, 1.165) is 90.6 Å². The maximum atomic E-state index is 13.0. The van der Waals surface area contributed by atoms with Crippen molar-refractivity contribution < 1.29 is 28.6 Å². The van der Waals surface area contributed by atoms with Crippen molar-refractivity contribution in [2.24, 2.45) is 0 Å².